The van der Waals surface area contributed by atoms with E-state index in [0.29, 0.717) is 21.5 Å². The zero-order valence-electron chi connectivity index (χ0n) is 18.8. The molecule has 3 aromatic heterocycles. The maximum atomic E-state index is 9.88. The molecule has 4 aromatic rings. The summed E-state index contributed by atoms with van der Waals surface area (Å²) >= 11 is 4.31. The van der Waals surface area contributed by atoms with Gasteiger partial charge >= 0.3 is 163 Å². The number of thiophene rings is 1. The molecule has 13 heteroatoms. The Kier molecular flexibility index (Phi) is 10.7. The number of benzene rings is 1. The van der Waals surface area contributed by atoms with Crippen molar-refractivity contribution in [1.29, 1.82) is 0 Å². The molecule has 0 spiro atoms. The molecule has 35 heavy (non-hydrogen) atoms. The van der Waals surface area contributed by atoms with E-state index < -0.39 is 16.5 Å². The second-order valence-corrected chi connectivity index (χ2v) is 12.5. The molecule has 3 heterocycles. The van der Waals surface area contributed by atoms with E-state index in [0.717, 1.165) is 27.5 Å². The second-order valence-electron chi connectivity index (χ2n) is 7.19. The molecular formula is C22H26O8P2S3. The third-order valence-electron chi connectivity index (χ3n) is 4.53. The Morgan fingerprint density at radius 2 is 1.46 bits per heavy atom. The average molecular weight is 577 g/mol. The monoisotopic (exact) mass is 576 g/mol. The summed E-state index contributed by atoms with van der Waals surface area (Å²) in [5.74, 6) is 2.75. The second kappa shape index (κ2) is 13.3. The van der Waals surface area contributed by atoms with Gasteiger partial charge in [0.2, 0.25) is 0 Å². The fourth-order valence-electron chi connectivity index (χ4n) is 2.85. The molecule has 0 saturated heterocycles. The number of hydrogen-bond donors (Lipinski definition) is 5. The molecule has 0 atom stereocenters. The topological polar surface area (TPSA) is 137 Å². The van der Waals surface area contributed by atoms with Gasteiger partial charge in [-0.3, -0.25) is 0 Å². The van der Waals surface area contributed by atoms with Crippen LogP contribution in [-0.4, -0.2) is 24.5 Å². The molecule has 1 aromatic carbocycles. The quantitative estimate of drug-likeness (QED) is 0.128. The van der Waals surface area contributed by atoms with Gasteiger partial charge in [-0.05, 0) is 18.4 Å². The average Bonchev–Trinajstić information content (AvgIpc) is 3.55. The van der Waals surface area contributed by atoms with E-state index in [1.54, 1.807) is 36.4 Å². The molecule has 5 N–H and O–H groups in total. The molecule has 8 nitrogen and oxygen atoms in total. The Labute approximate surface area is 217 Å². The number of furan rings is 2. The first kappa shape index (κ1) is 28.2. The van der Waals surface area contributed by atoms with Gasteiger partial charge < -0.3 is 14.3 Å². The van der Waals surface area contributed by atoms with Gasteiger partial charge in [0.1, 0.15) is 0 Å². The van der Waals surface area contributed by atoms with Crippen LogP contribution in [0.25, 0.3) is 0 Å². The van der Waals surface area contributed by atoms with Crippen LogP contribution >= 0.6 is 51.4 Å². The summed E-state index contributed by atoms with van der Waals surface area (Å²) in [5.41, 5.74) is 1.93. The van der Waals surface area contributed by atoms with Crippen LogP contribution in [-0.2, 0) is 11.5 Å². The van der Waals surface area contributed by atoms with E-state index in [2.05, 4.69) is 4.52 Å². The molecule has 0 unspecified atom stereocenters. The van der Waals surface area contributed by atoms with Gasteiger partial charge in [0, 0.05) is 5.56 Å². The third-order valence-corrected chi connectivity index (χ3v) is 9.72. The Balaban J connectivity index is 0.000000287. The first-order valence-electron chi connectivity index (χ1n) is 10.2. The Hall–Kier alpha value is -1.36. The molecule has 0 amide bonds. The molecule has 190 valence electrons. The minimum atomic E-state index is -4.44. The van der Waals surface area contributed by atoms with Crippen molar-refractivity contribution in [2.75, 3.05) is 0 Å². The molecule has 0 radical (unpaired) electrons. The van der Waals surface area contributed by atoms with E-state index in [1.165, 1.54) is 23.1 Å². The fourth-order valence-corrected chi connectivity index (χ4v) is 7.93. The Morgan fingerprint density at radius 1 is 0.857 bits per heavy atom. The molecule has 0 aliphatic carbocycles. The van der Waals surface area contributed by atoms with E-state index >= 15 is 0 Å². The third kappa shape index (κ3) is 8.61. The van der Waals surface area contributed by atoms with Crippen molar-refractivity contribution in [2.45, 2.75) is 35.1 Å². The van der Waals surface area contributed by atoms with Gasteiger partial charge in [-0.1, -0.05) is 0 Å². The number of hydrogen-bond acceptors (Lipinski definition) is 11. The summed E-state index contributed by atoms with van der Waals surface area (Å²) in [7, 11) is -6.69. The summed E-state index contributed by atoms with van der Waals surface area (Å²) in [6.45, 7) is 3.81. The van der Waals surface area contributed by atoms with Crippen molar-refractivity contribution in [3.05, 3.63) is 83.0 Å². The van der Waals surface area contributed by atoms with Crippen molar-refractivity contribution in [2.24, 2.45) is 0 Å². The molecule has 0 bridgehead atoms. The van der Waals surface area contributed by atoms with Crippen molar-refractivity contribution in [3.8, 4) is 5.06 Å². The summed E-state index contributed by atoms with van der Waals surface area (Å²) in [5, 5.41) is 2.61. The van der Waals surface area contributed by atoms with E-state index in [9.17, 15) is 14.7 Å². The van der Waals surface area contributed by atoms with Gasteiger partial charge in [-0.15, -0.1) is 11.3 Å². The summed E-state index contributed by atoms with van der Waals surface area (Å²) < 4.78 is 15.4. The van der Waals surface area contributed by atoms with Crippen LogP contribution in [0.15, 0.2) is 79.0 Å². The van der Waals surface area contributed by atoms with Gasteiger partial charge in [0.15, 0.2) is 5.06 Å². The molecule has 0 fully saturated rings. The molecule has 0 aliphatic rings. The normalized spacial score (nSPS) is 11.9. The standard InChI is InChI=1S/C17H19O5PS2.C5H7O3PS/c1-12-6-7-15(23(18,19)20)17(25-11-14-5-3-9-22-14)16(12)24-10-13-4-2-8-21-13;1-4-2-3-10-5(4)8-9(6)7/h2-9,18-20,23H,10-11H2,1H3;2-3,6-7H,1H3. The predicted octanol–water partition coefficient (Wildman–Crippen LogP) is 5.51. The minimum absolute atomic E-state index is 0.191. The van der Waals surface area contributed by atoms with Crippen LogP contribution < -0.4 is 9.83 Å². The van der Waals surface area contributed by atoms with E-state index in [-0.39, 0.29) is 5.30 Å². The van der Waals surface area contributed by atoms with Crippen LogP contribution in [0.1, 0.15) is 22.6 Å². The van der Waals surface area contributed by atoms with Crippen LogP contribution in [0.4, 0.5) is 0 Å². The first-order valence-corrected chi connectivity index (χ1v) is 16.0. The summed E-state index contributed by atoms with van der Waals surface area (Å²) in [6.07, 6.45) is 3.22. The van der Waals surface area contributed by atoms with Crippen molar-refractivity contribution < 1.29 is 37.8 Å². The van der Waals surface area contributed by atoms with E-state index in [1.807, 2.05) is 49.6 Å². The Bertz CT molecular complexity index is 1170. The van der Waals surface area contributed by atoms with Gasteiger partial charge in [0.05, 0.1) is 0 Å². The zero-order valence-corrected chi connectivity index (χ0v) is 23.2. The number of rotatable bonds is 9. The maximum absolute atomic E-state index is 9.88. The number of aryl methyl sites for hydroxylation is 2. The van der Waals surface area contributed by atoms with Gasteiger partial charge in [0.25, 0.3) is 0 Å². The number of thioether (sulfide) groups is 2. The van der Waals surface area contributed by atoms with Gasteiger partial charge in [-0.25, -0.2) is 0 Å². The predicted molar refractivity (Wildman–Crippen MR) is 143 cm³/mol. The van der Waals surface area contributed by atoms with Crippen LogP contribution in [0.2, 0.25) is 0 Å². The van der Waals surface area contributed by atoms with Crippen molar-refractivity contribution in [1.82, 2.24) is 0 Å². The fraction of sp³-hybridized carbons (Fsp3) is 0.182. The van der Waals surface area contributed by atoms with Gasteiger partial charge in [-0.2, -0.15) is 0 Å². The van der Waals surface area contributed by atoms with Crippen molar-refractivity contribution >= 4 is 56.7 Å². The van der Waals surface area contributed by atoms with Crippen LogP contribution in [0.5, 0.6) is 5.06 Å². The van der Waals surface area contributed by atoms with Crippen LogP contribution in [0, 0.1) is 13.8 Å². The molecule has 4 rings (SSSR count). The first-order chi connectivity index (χ1) is 16.6. The summed E-state index contributed by atoms with van der Waals surface area (Å²) in [6, 6.07) is 12.6. The Morgan fingerprint density at radius 3 is 1.91 bits per heavy atom. The van der Waals surface area contributed by atoms with Crippen LogP contribution in [0.3, 0.4) is 0 Å². The van der Waals surface area contributed by atoms with Crippen molar-refractivity contribution in [3.63, 3.8) is 0 Å². The molecular weight excluding hydrogens is 550 g/mol. The van der Waals surface area contributed by atoms with E-state index in [4.69, 9.17) is 18.6 Å². The minimum Gasteiger partial charge on any atom is -0.416 e. The smallest absolute Gasteiger partial charge is 0.392 e. The SMILES string of the molecule is Cc1ccc([PH](O)(O)O)c(SCc2ccco2)c1SCc1ccco1.Cc1ccsc1OP(O)O. The zero-order chi connectivity index (χ0) is 25.4. The maximum Gasteiger partial charge on any atom is 0.392 e. The summed E-state index contributed by atoms with van der Waals surface area (Å²) in [4.78, 5) is 48.1. The largest absolute Gasteiger partial charge is 0.416 e. The molecule has 0 aliphatic heterocycles. The molecule has 0 saturated carbocycles.